The molecule has 5 nitrogen and oxygen atoms in total. The summed E-state index contributed by atoms with van der Waals surface area (Å²) in [5.41, 5.74) is 1.97. The van der Waals surface area contributed by atoms with Gasteiger partial charge in [-0.1, -0.05) is 45.0 Å². The first kappa shape index (κ1) is 18.1. The van der Waals surface area contributed by atoms with Crippen LogP contribution in [0.1, 0.15) is 63.6 Å². The van der Waals surface area contributed by atoms with Crippen LogP contribution in [0.25, 0.3) is 0 Å². The van der Waals surface area contributed by atoms with Gasteiger partial charge >= 0.3 is 0 Å². The van der Waals surface area contributed by atoms with Crippen molar-refractivity contribution in [2.45, 2.75) is 63.3 Å². The van der Waals surface area contributed by atoms with E-state index >= 15 is 0 Å². The van der Waals surface area contributed by atoms with Gasteiger partial charge < -0.3 is 4.52 Å². The van der Waals surface area contributed by atoms with Gasteiger partial charge in [-0.25, -0.2) is 8.42 Å². The standard InChI is InChI=1S/C19H26N2O3S/c1-5-15-13-18(24-20-15)17-7-6-12-21(17)25(22,23)16-10-8-14(9-11-16)19(2,3)4/h8-11,13,17H,5-7,12H2,1-4H3/t17-/m0/s1. The molecule has 1 fully saturated rings. The number of benzene rings is 1. The zero-order valence-electron chi connectivity index (χ0n) is 15.3. The lowest BCUT2D eigenvalue weighted by Gasteiger charge is -2.23. The second kappa shape index (κ2) is 6.57. The Morgan fingerprint density at radius 2 is 1.92 bits per heavy atom. The van der Waals surface area contributed by atoms with Crippen LogP contribution in [0, 0.1) is 0 Å². The molecule has 0 spiro atoms. The van der Waals surface area contributed by atoms with E-state index in [9.17, 15) is 8.42 Å². The maximum absolute atomic E-state index is 13.1. The lowest BCUT2D eigenvalue weighted by atomic mass is 9.87. The van der Waals surface area contributed by atoms with Crippen molar-refractivity contribution in [2.75, 3.05) is 6.54 Å². The van der Waals surface area contributed by atoms with Crippen molar-refractivity contribution in [3.8, 4) is 0 Å². The van der Waals surface area contributed by atoms with Crippen molar-refractivity contribution in [3.63, 3.8) is 0 Å². The molecule has 1 aliphatic rings. The summed E-state index contributed by atoms with van der Waals surface area (Å²) in [5, 5.41) is 4.01. The highest BCUT2D eigenvalue weighted by atomic mass is 32.2. The fourth-order valence-electron chi connectivity index (χ4n) is 3.23. The molecule has 1 atom stereocenters. The zero-order valence-corrected chi connectivity index (χ0v) is 16.1. The molecule has 2 heterocycles. The average Bonchev–Trinajstić information content (AvgIpc) is 3.23. The van der Waals surface area contributed by atoms with Gasteiger partial charge in [0.2, 0.25) is 10.0 Å². The van der Waals surface area contributed by atoms with Crippen LogP contribution in [0.5, 0.6) is 0 Å². The van der Waals surface area contributed by atoms with Gasteiger partial charge in [-0.2, -0.15) is 4.31 Å². The van der Waals surface area contributed by atoms with E-state index in [0.29, 0.717) is 17.2 Å². The molecule has 0 amide bonds. The largest absolute Gasteiger partial charge is 0.359 e. The summed E-state index contributed by atoms with van der Waals surface area (Å²) in [6, 6.07) is 8.84. The maximum Gasteiger partial charge on any atom is 0.243 e. The highest BCUT2D eigenvalue weighted by Gasteiger charge is 2.38. The number of nitrogens with zero attached hydrogens (tertiary/aromatic N) is 2. The Morgan fingerprint density at radius 3 is 2.48 bits per heavy atom. The molecule has 0 unspecified atom stereocenters. The molecule has 1 aliphatic heterocycles. The molecule has 1 aromatic carbocycles. The zero-order chi connectivity index (χ0) is 18.2. The molecular weight excluding hydrogens is 336 g/mol. The van der Waals surface area contributed by atoms with Crippen LogP contribution in [0.4, 0.5) is 0 Å². The van der Waals surface area contributed by atoms with E-state index < -0.39 is 10.0 Å². The molecule has 1 aromatic heterocycles. The Kier molecular flexibility index (Phi) is 4.77. The van der Waals surface area contributed by atoms with Crippen molar-refractivity contribution < 1.29 is 12.9 Å². The molecule has 136 valence electrons. The molecule has 6 heteroatoms. The summed E-state index contributed by atoms with van der Waals surface area (Å²) >= 11 is 0. The quantitative estimate of drug-likeness (QED) is 0.823. The number of rotatable bonds is 4. The van der Waals surface area contributed by atoms with Crippen LogP contribution in [0.3, 0.4) is 0 Å². The van der Waals surface area contributed by atoms with Crippen LogP contribution in [-0.4, -0.2) is 24.4 Å². The first-order chi connectivity index (χ1) is 11.7. The van der Waals surface area contributed by atoms with Gasteiger partial charge in [-0.3, -0.25) is 0 Å². The molecule has 0 radical (unpaired) electrons. The fraction of sp³-hybridized carbons (Fsp3) is 0.526. The number of sulfonamides is 1. The summed E-state index contributed by atoms with van der Waals surface area (Å²) in [6.07, 6.45) is 2.36. The number of aryl methyl sites for hydroxylation is 1. The second-order valence-corrected chi connectivity index (χ2v) is 9.51. The predicted molar refractivity (Wildman–Crippen MR) is 96.9 cm³/mol. The van der Waals surface area contributed by atoms with Gasteiger partial charge in [0, 0.05) is 12.6 Å². The van der Waals surface area contributed by atoms with Crippen LogP contribution in [0.15, 0.2) is 39.8 Å². The average molecular weight is 362 g/mol. The van der Waals surface area contributed by atoms with Crippen LogP contribution in [0.2, 0.25) is 0 Å². The van der Waals surface area contributed by atoms with Crippen molar-refractivity contribution in [2.24, 2.45) is 0 Å². The van der Waals surface area contributed by atoms with Crippen LogP contribution < -0.4 is 0 Å². The first-order valence-corrected chi connectivity index (χ1v) is 10.3. The Hall–Kier alpha value is -1.66. The summed E-state index contributed by atoms with van der Waals surface area (Å²) in [6.45, 7) is 8.85. The van der Waals surface area contributed by atoms with Gasteiger partial charge in [0.25, 0.3) is 0 Å². The lowest BCUT2D eigenvalue weighted by molar-refractivity contribution is 0.296. The molecule has 0 saturated carbocycles. The predicted octanol–water partition coefficient (Wildman–Crippen LogP) is 4.06. The molecule has 0 N–H and O–H groups in total. The van der Waals surface area contributed by atoms with E-state index in [1.54, 1.807) is 16.4 Å². The summed E-state index contributed by atoms with van der Waals surface area (Å²) in [5.74, 6) is 0.643. The topological polar surface area (TPSA) is 63.4 Å². The van der Waals surface area contributed by atoms with Crippen LogP contribution >= 0.6 is 0 Å². The van der Waals surface area contributed by atoms with E-state index in [0.717, 1.165) is 30.5 Å². The third kappa shape index (κ3) is 3.51. The third-order valence-electron chi connectivity index (χ3n) is 4.80. The minimum atomic E-state index is -3.55. The SMILES string of the molecule is CCc1cc([C@@H]2CCCN2S(=O)(=O)c2ccc(C(C)(C)C)cc2)on1. The Bertz CT molecular complexity index is 832. The molecule has 1 saturated heterocycles. The van der Waals surface area contributed by atoms with Gasteiger partial charge in [0.1, 0.15) is 0 Å². The van der Waals surface area contributed by atoms with Gasteiger partial charge in [-0.15, -0.1) is 0 Å². The lowest BCUT2D eigenvalue weighted by Crippen LogP contribution is -2.30. The Labute approximate surface area is 150 Å². The minimum Gasteiger partial charge on any atom is -0.359 e. The van der Waals surface area contributed by atoms with E-state index in [-0.39, 0.29) is 11.5 Å². The number of hydrogen-bond donors (Lipinski definition) is 0. The van der Waals surface area contributed by atoms with E-state index in [2.05, 4.69) is 25.9 Å². The molecule has 3 rings (SSSR count). The van der Waals surface area contributed by atoms with Gasteiger partial charge in [0.05, 0.1) is 16.6 Å². The van der Waals surface area contributed by atoms with Crippen molar-refractivity contribution >= 4 is 10.0 Å². The molecule has 0 bridgehead atoms. The summed E-state index contributed by atoms with van der Waals surface area (Å²) in [7, 11) is -3.55. The van der Waals surface area contributed by atoms with Crippen LogP contribution in [-0.2, 0) is 21.9 Å². The molecular formula is C19H26N2O3S. The summed E-state index contributed by atoms with van der Waals surface area (Å²) in [4.78, 5) is 0.336. The second-order valence-electron chi connectivity index (χ2n) is 7.62. The first-order valence-electron chi connectivity index (χ1n) is 8.81. The Balaban J connectivity index is 1.90. The van der Waals surface area contributed by atoms with Gasteiger partial charge in [0.15, 0.2) is 5.76 Å². The molecule has 25 heavy (non-hydrogen) atoms. The monoisotopic (exact) mass is 362 g/mol. The van der Waals surface area contributed by atoms with Crippen molar-refractivity contribution in [1.29, 1.82) is 0 Å². The molecule has 0 aliphatic carbocycles. The third-order valence-corrected chi connectivity index (χ3v) is 6.72. The minimum absolute atomic E-state index is 0.00510. The maximum atomic E-state index is 13.1. The van der Waals surface area contributed by atoms with E-state index in [1.807, 2.05) is 25.1 Å². The van der Waals surface area contributed by atoms with Gasteiger partial charge in [-0.05, 0) is 42.4 Å². The highest BCUT2D eigenvalue weighted by Crippen LogP contribution is 2.37. The van der Waals surface area contributed by atoms with E-state index in [4.69, 9.17) is 4.52 Å². The smallest absolute Gasteiger partial charge is 0.243 e. The van der Waals surface area contributed by atoms with Crippen molar-refractivity contribution in [3.05, 3.63) is 47.3 Å². The number of aromatic nitrogens is 1. The highest BCUT2D eigenvalue weighted by molar-refractivity contribution is 7.89. The number of hydrogen-bond acceptors (Lipinski definition) is 4. The fourth-order valence-corrected chi connectivity index (χ4v) is 4.89. The van der Waals surface area contributed by atoms with E-state index in [1.165, 1.54) is 0 Å². The van der Waals surface area contributed by atoms with Crippen molar-refractivity contribution in [1.82, 2.24) is 9.46 Å². The Morgan fingerprint density at radius 1 is 1.24 bits per heavy atom. The molecule has 2 aromatic rings. The summed E-state index contributed by atoms with van der Waals surface area (Å²) < 4.78 is 33.2. The normalized spacial score (nSPS) is 19.4.